The van der Waals surface area contributed by atoms with Crippen LogP contribution in [0.4, 0.5) is 11.5 Å². The number of para-hydroxylation sites is 2. The lowest BCUT2D eigenvalue weighted by atomic mass is 10.0. The molecular formula is C29H32ClN7O3S. The molecule has 214 valence electrons. The molecule has 1 N–H and O–H groups in total. The average Bonchev–Trinajstić information content (AvgIpc) is 3.35. The van der Waals surface area contributed by atoms with Gasteiger partial charge in [0.2, 0.25) is 5.91 Å². The molecule has 10 nitrogen and oxygen atoms in total. The number of piperazine rings is 1. The summed E-state index contributed by atoms with van der Waals surface area (Å²) in [5.41, 5.74) is 2.82. The number of thioether (sulfide) groups is 1. The van der Waals surface area contributed by atoms with Gasteiger partial charge in [-0.2, -0.15) is 0 Å². The van der Waals surface area contributed by atoms with E-state index >= 15 is 0 Å². The van der Waals surface area contributed by atoms with Crippen LogP contribution in [0.2, 0.25) is 5.15 Å². The van der Waals surface area contributed by atoms with Crippen molar-refractivity contribution in [2.45, 2.75) is 24.0 Å². The molecule has 2 aliphatic rings. The number of aromatic nitrogens is 4. The molecule has 2 aromatic carbocycles. The summed E-state index contributed by atoms with van der Waals surface area (Å²) in [7, 11) is 1.67. The lowest BCUT2D eigenvalue weighted by Gasteiger charge is -2.36. The van der Waals surface area contributed by atoms with Gasteiger partial charge in [0, 0.05) is 57.1 Å². The second-order valence-electron chi connectivity index (χ2n) is 10.2. The number of nitrogens with one attached hydrogen (secondary N) is 1. The summed E-state index contributed by atoms with van der Waals surface area (Å²) in [4.78, 5) is 44.1. The van der Waals surface area contributed by atoms with E-state index in [1.165, 1.54) is 17.4 Å². The van der Waals surface area contributed by atoms with E-state index in [9.17, 15) is 9.59 Å². The smallest absolute Gasteiger partial charge is 0.326 e. The van der Waals surface area contributed by atoms with E-state index in [0.717, 1.165) is 61.6 Å². The zero-order valence-electron chi connectivity index (χ0n) is 22.8. The van der Waals surface area contributed by atoms with Gasteiger partial charge in [0.05, 0.1) is 23.9 Å². The van der Waals surface area contributed by atoms with Crippen LogP contribution in [-0.4, -0.2) is 82.5 Å². The molecule has 0 radical (unpaired) electrons. The molecule has 2 aliphatic heterocycles. The minimum absolute atomic E-state index is 0.0398. The fourth-order valence-corrected chi connectivity index (χ4v) is 6.61. The first-order valence-electron chi connectivity index (χ1n) is 13.8. The molecule has 41 heavy (non-hydrogen) atoms. The third kappa shape index (κ3) is 6.01. The second kappa shape index (κ2) is 12.0. The maximum absolute atomic E-state index is 13.0. The van der Waals surface area contributed by atoms with Crippen LogP contribution in [0, 0.1) is 0 Å². The predicted molar refractivity (Wildman–Crippen MR) is 163 cm³/mol. The number of imidazole rings is 1. The fraction of sp³-hybridized carbons (Fsp3) is 0.379. The molecule has 0 saturated carbocycles. The zero-order chi connectivity index (χ0) is 28.3. The molecule has 2 fully saturated rings. The van der Waals surface area contributed by atoms with Crippen molar-refractivity contribution in [2.75, 3.05) is 61.9 Å². The van der Waals surface area contributed by atoms with Crippen molar-refractivity contribution in [3.8, 4) is 5.75 Å². The van der Waals surface area contributed by atoms with E-state index in [4.69, 9.17) is 21.3 Å². The van der Waals surface area contributed by atoms with E-state index in [-0.39, 0.29) is 23.4 Å². The molecule has 0 atom stereocenters. The number of hydrogen-bond acceptors (Lipinski definition) is 8. The zero-order valence-corrected chi connectivity index (χ0v) is 24.4. The quantitative estimate of drug-likeness (QED) is 0.195. The topological polar surface area (TPSA) is 99.6 Å². The Labute approximate surface area is 247 Å². The largest absolute Gasteiger partial charge is 0.497 e. The molecule has 12 heteroatoms. The SMILES string of the molecule is COc1ccc(N2CCN(c3cc(Cl)nc(SCC(=O)N4CCC(n5c(=O)[nH]c6ccccc65)CC4)n3)CC2)cc1. The number of anilines is 2. The first-order valence-corrected chi connectivity index (χ1v) is 15.1. The highest BCUT2D eigenvalue weighted by atomic mass is 35.5. The van der Waals surface area contributed by atoms with Crippen molar-refractivity contribution in [1.29, 1.82) is 0 Å². The highest BCUT2D eigenvalue weighted by Crippen LogP contribution is 2.28. The molecular weight excluding hydrogens is 562 g/mol. The van der Waals surface area contributed by atoms with E-state index in [2.05, 4.69) is 31.9 Å². The van der Waals surface area contributed by atoms with Gasteiger partial charge in [0.1, 0.15) is 16.7 Å². The summed E-state index contributed by atoms with van der Waals surface area (Å²) < 4.78 is 7.10. The molecule has 6 rings (SSSR count). The van der Waals surface area contributed by atoms with E-state index in [0.29, 0.717) is 23.4 Å². The summed E-state index contributed by atoms with van der Waals surface area (Å²) in [5.74, 6) is 1.90. The lowest BCUT2D eigenvalue weighted by Crippen LogP contribution is -2.46. The number of hydrogen-bond donors (Lipinski definition) is 1. The minimum Gasteiger partial charge on any atom is -0.497 e. The lowest BCUT2D eigenvalue weighted by molar-refractivity contribution is -0.129. The number of rotatable bonds is 7. The molecule has 0 bridgehead atoms. The monoisotopic (exact) mass is 593 g/mol. The van der Waals surface area contributed by atoms with Gasteiger partial charge in [-0.1, -0.05) is 35.5 Å². The van der Waals surface area contributed by atoms with Gasteiger partial charge in [0.15, 0.2) is 5.16 Å². The minimum atomic E-state index is -0.0948. The van der Waals surface area contributed by atoms with Crippen LogP contribution in [0.25, 0.3) is 11.0 Å². The average molecular weight is 594 g/mol. The van der Waals surface area contributed by atoms with Crippen molar-refractivity contribution in [3.05, 3.63) is 70.2 Å². The van der Waals surface area contributed by atoms with Crippen molar-refractivity contribution >= 4 is 51.8 Å². The number of benzene rings is 2. The molecule has 0 aliphatic carbocycles. The highest BCUT2D eigenvalue weighted by Gasteiger charge is 2.26. The van der Waals surface area contributed by atoms with E-state index in [1.54, 1.807) is 13.2 Å². The van der Waals surface area contributed by atoms with Gasteiger partial charge in [-0.3, -0.25) is 9.36 Å². The molecule has 1 amide bonds. The standard InChI is InChI=1S/C29H32ClN7O3S/c1-40-22-8-6-20(7-9-22)34-14-16-35(17-15-34)26-18-25(30)32-28(33-26)41-19-27(38)36-12-10-21(11-13-36)37-24-5-3-2-4-23(24)31-29(37)39/h2-9,18,21H,10-17,19H2,1H3,(H,31,39). The fourth-order valence-electron chi connectivity index (χ4n) is 5.63. The normalized spacial score (nSPS) is 16.4. The van der Waals surface area contributed by atoms with Crippen molar-refractivity contribution in [1.82, 2.24) is 24.4 Å². The van der Waals surface area contributed by atoms with Crippen LogP contribution in [0.5, 0.6) is 5.75 Å². The maximum atomic E-state index is 13.0. The van der Waals surface area contributed by atoms with E-state index in [1.807, 2.05) is 45.9 Å². The molecule has 0 unspecified atom stereocenters. The molecule has 0 spiro atoms. The first kappa shape index (κ1) is 27.5. The third-order valence-electron chi connectivity index (χ3n) is 7.83. The van der Waals surface area contributed by atoms with Gasteiger partial charge in [-0.25, -0.2) is 14.8 Å². The van der Waals surface area contributed by atoms with Crippen molar-refractivity contribution < 1.29 is 9.53 Å². The summed E-state index contributed by atoms with van der Waals surface area (Å²) >= 11 is 7.68. The van der Waals surface area contributed by atoms with Crippen LogP contribution < -0.4 is 20.2 Å². The maximum Gasteiger partial charge on any atom is 0.326 e. The van der Waals surface area contributed by atoms with Crippen molar-refractivity contribution in [2.24, 2.45) is 0 Å². The third-order valence-corrected chi connectivity index (χ3v) is 8.86. The molecule has 4 aromatic rings. The predicted octanol–water partition coefficient (Wildman–Crippen LogP) is 4.06. The van der Waals surface area contributed by atoms with E-state index < -0.39 is 0 Å². The van der Waals surface area contributed by atoms with Crippen LogP contribution in [0.1, 0.15) is 18.9 Å². The first-order chi connectivity index (χ1) is 20.0. The summed E-state index contributed by atoms with van der Waals surface area (Å²) in [6, 6.07) is 17.7. The number of likely N-dealkylation sites (tertiary alicyclic amines) is 1. The number of aromatic amines is 1. The number of carbonyl (C=O) groups excluding carboxylic acids is 1. The Morgan fingerprint density at radius 3 is 2.44 bits per heavy atom. The number of halogens is 1. The Kier molecular flexibility index (Phi) is 8.06. The van der Waals surface area contributed by atoms with Gasteiger partial charge < -0.3 is 24.4 Å². The second-order valence-corrected chi connectivity index (χ2v) is 11.6. The van der Waals surface area contributed by atoms with Crippen LogP contribution in [0.15, 0.2) is 64.5 Å². The van der Waals surface area contributed by atoms with Crippen LogP contribution >= 0.6 is 23.4 Å². The number of methoxy groups -OCH3 is 1. The summed E-state index contributed by atoms with van der Waals surface area (Å²) in [5, 5.41) is 0.867. The Hall–Kier alpha value is -3.70. The van der Waals surface area contributed by atoms with Gasteiger partial charge in [0.25, 0.3) is 0 Å². The van der Waals surface area contributed by atoms with Crippen molar-refractivity contribution in [3.63, 3.8) is 0 Å². The molecule has 2 saturated heterocycles. The number of amides is 1. The molecule has 4 heterocycles. The number of fused-ring (bicyclic) bond motifs is 1. The Morgan fingerprint density at radius 1 is 1.00 bits per heavy atom. The number of nitrogens with zero attached hydrogens (tertiary/aromatic N) is 6. The number of carbonyl (C=O) groups is 1. The van der Waals surface area contributed by atoms with Gasteiger partial charge in [-0.05, 0) is 49.2 Å². The highest BCUT2D eigenvalue weighted by molar-refractivity contribution is 7.99. The summed E-state index contributed by atoms with van der Waals surface area (Å²) in [6.45, 7) is 4.53. The number of H-pyrrole nitrogens is 1. The Bertz CT molecular complexity index is 1580. The summed E-state index contributed by atoms with van der Waals surface area (Å²) in [6.07, 6.45) is 1.47. The Morgan fingerprint density at radius 2 is 1.71 bits per heavy atom. The number of piperidine rings is 1. The molecule has 2 aromatic heterocycles. The number of ether oxygens (including phenoxy) is 1. The van der Waals surface area contributed by atoms with Gasteiger partial charge in [-0.15, -0.1) is 0 Å². The Balaban J connectivity index is 1.02. The van der Waals surface area contributed by atoms with Gasteiger partial charge >= 0.3 is 5.69 Å². The van der Waals surface area contributed by atoms with Crippen LogP contribution in [0.3, 0.4) is 0 Å². The van der Waals surface area contributed by atoms with Crippen LogP contribution in [-0.2, 0) is 4.79 Å².